The summed E-state index contributed by atoms with van der Waals surface area (Å²) in [7, 11) is -4.89. The number of hydrogen-bond donors (Lipinski definition) is 14. The minimum atomic E-state index is -4.89. The summed E-state index contributed by atoms with van der Waals surface area (Å²) in [5.41, 5.74) is -0.524. The summed E-state index contributed by atoms with van der Waals surface area (Å²) in [4.78, 5) is 13.1. The van der Waals surface area contributed by atoms with E-state index in [9.17, 15) is 84.1 Å². The number of ether oxygens (including phenoxy) is 10. The van der Waals surface area contributed by atoms with Crippen LogP contribution >= 0.6 is 0 Å². The van der Waals surface area contributed by atoms with E-state index in [0.717, 1.165) is 11.1 Å². The van der Waals surface area contributed by atoms with Crippen LogP contribution in [-0.4, -0.2) is 264 Å². The molecule has 4 unspecified atom stereocenters. The van der Waals surface area contributed by atoms with Crippen LogP contribution in [0, 0.1) is 34.5 Å². The van der Waals surface area contributed by atoms with Gasteiger partial charge >= 0.3 is 10.4 Å². The summed E-state index contributed by atoms with van der Waals surface area (Å²) in [5.74, 6) is -1.15. The van der Waals surface area contributed by atoms with Gasteiger partial charge in [0.1, 0.15) is 97.7 Å². The molecule has 29 heteroatoms. The smallest absolute Gasteiger partial charge is 0.394 e. The molecule has 5 saturated heterocycles. The lowest BCUT2D eigenvalue weighted by Crippen LogP contribution is -2.67. The summed E-state index contributed by atoms with van der Waals surface area (Å²) in [6, 6.07) is 0. The van der Waals surface area contributed by atoms with Crippen molar-refractivity contribution in [3.8, 4) is 0 Å². The number of aliphatic hydroxyl groups is 13. The van der Waals surface area contributed by atoms with Gasteiger partial charge in [-0.15, -0.1) is 0 Å². The highest BCUT2D eigenvalue weighted by atomic mass is 32.3. The first-order valence-corrected chi connectivity index (χ1v) is 30.9. The lowest BCUT2D eigenvalue weighted by Gasteiger charge is -2.60. The van der Waals surface area contributed by atoms with Crippen LogP contribution in [0.1, 0.15) is 107 Å². The molecule has 0 amide bonds. The number of aliphatic hydroxyl groups excluding tert-OH is 12. The Labute approximate surface area is 493 Å². The molecule has 9 rings (SSSR count). The minimum Gasteiger partial charge on any atom is -0.394 e. The molecule has 8 fully saturated rings. The fourth-order valence-electron chi connectivity index (χ4n) is 15.6. The van der Waals surface area contributed by atoms with Gasteiger partial charge in [0.2, 0.25) is 0 Å². The van der Waals surface area contributed by atoms with Gasteiger partial charge in [-0.2, -0.15) is 8.42 Å². The molecule has 4 aliphatic carbocycles. The Hall–Kier alpha value is -1.90. The maximum atomic E-state index is 13.1. The van der Waals surface area contributed by atoms with Crippen molar-refractivity contribution < 1.29 is 136 Å². The third-order valence-electron chi connectivity index (χ3n) is 20.1. The first-order chi connectivity index (χ1) is 39.7. The van der Waals surface area contributed by atoms with Crippen LogP contribution < -0.4 is 0 Å². The Morgan fingerprint density at radius 3 is 1.78 bits per heavy atom. The summed E-state index contributed by atoms with van der Waals surface area (Å²) in [6.45, 7) is 12.2. The molecule has 488 valence electrons. The molecule has 14 N–H and O–H groups in total. The van der Waals surface area contributed by atoms with E-state index >= 15 is 0 Å². The normalized spacial score (nSPS) is 51.1. The summed E-state index contributed by atoms with van der Waals surface area (Å²) >= 11 is 0. The van der Waals surface area contributed by atoms with Crippen molar-refractivity contribution in [2.45, 2.75) is 272 Å². The molecule has 0 spiro atoms. The number of fused-ring (bicyclic) bond motifs is 5. The van der Waals surface area contributed by atoms with Gasteiger partial charge in [-0.25, -0.2) is 4.18 Å². The molecule has 0 aromatic carbocycles. The van der Waals surface area contributed by atoms with Crippen LogP contribution in [0.25, 0.3) is 0 Å². The second-order valence-corrected chi connectivity index (χ2v) is 27.3. The maximum absolute atomic E-state index is 13.1. The SMILES string of the molecule is CC(C)=CC(=O)CC(C)(O)[C@H]1CCC2C3C[C@H](O[C@@H]4O[C@H](C)[C@@H](O)[C@H](O[C@@H]5OC[C@@H](O[C@@H]6O[C@H](CO)[C@@H](O)[C@H](O)[C@H]6O[C@@H]6O[C@H](C)[C@H](O)[C@H](O)[C@H]6O)[C@H](O)[C@H]5O[C@@H]5O[C@H](C)[C@@H](O)[C@H](O)[C@H]5O)[C@H]4O)C4C[C@@H](OS(=O)(=O)O)CC[C@]4(C)C3=CC[C@@]21C. The van der Waals surface area contributed by atoms with E-state index in [-0.39, 0.29) is 42.8 Å². The molecule has 3 saturated carbocycles. The van der Waals surface area contributed by atoms with Gasteiger partial charge in [0.25, 0.3) is 0 Å². The Bertz CT molecular complexity index is 2480. The van der Waals surface area contributed by atoms with Crippen LogP contribution in [0.2, 0.25) is 0 Å². The van der Waals surface area contributed by atoms with Gasteiger partial charge in [0, 0.05) is 6.42 Å². The van der Waals surface area contributed by atoms with Gasteiger partial charge in [-0.3, -0.25) is 9.35 Å². The summed E-state index contributed by atoms with van der Waals surface area (Å²) in [5, 5.41) is 145. The predicted octanol–water partition coefficient (Wildman–Crippen LogP) is -2.76. The highest BCUT2D eigenvalue weighted by Crippen LogP contribution is 2.67. The molecule has 9 aliphatic rings. The zero-order valence-corrected chi connectivity index (χ0v) is 49.7. The van der Waals surface area contributed by atoms with Gasteiger partial charge in [0.15, 0.2) is 37.2 Å². The van der Waals surface area contributed by atoms with E-state index in [1.807, 2.05) is 13.8 Å². The number of hydrogen-bond acceptors (Lipinski definition) is 27. The Morgan fingerprint density at radius 1 is 0.647 bits per heavy atom. The van der Waals surface area contributed by atoms with Crippen LogP contribution in [-0.2, 0) is 66.7 Å². The molecule has 33 atom stereocenters. The number of carbonyl (C=O) groups excluding carboxylic acids is 1. The van der Waals surface area contributed by atoms with Crippen LogP contribution in [0.3, 0.4) is 0 Å². The van der Waals surface area contributed by atoms with Crippen molar-refractivity contribution >= 4 is 16.2 Å². The molecular formula is C56H90O28S. The molecular weight excluding hydrogens is 1150 g/mol. The lowest BCUT2D eigenvalue weighted by molar-refractivity contribution is -0.398. The fraction of sp³-hybridized carbons (Fsp3) is 0.911. The maximum Gasteiger partial charge on any atom is 0.397 e. The van der Waals surface area contributed by atoms with E-state index in [4.69, 9.17) is 51.6 Å². The van der Waals surface area contributed by atoms with Crippen LogP contribution in [0.5, 0.6) is 0 Å². The number of rotatable bonds is 17. The fourth-order valence-corrected chi connectivity index (χ4v) is 16.1. The highest BCUT2D eigenvalue weighted by Gasteiger charge is 2.64. The third-order valence-corrected chi connectivity index (χ3v) is 20.6. The molecule has 0 aromatic rings. The van der Waals surface area contributed by atoms with Crippen molar-refractivity contribution in [1.29, 1.82) is 0 Å². The first-order valence-electron chi connectivity index (χ1n) is 29.6. The van der Waals surface area contributed by atoms with Crippen molar-refractivity contribution in [2.24, 2.45) is 34.5 Å². The second-order valence-electron chi connectivity index (χ2n) is 26.2. The number of ketones is 1. The monoisotopic (exact) mass is 1240 g/mol. The van der Waals surface area contributed by atoms with E-state index in [2.05, 4.69) is 19.9 Å². The van der Waals surface area contributed by atoms with E-state index < -0.39 is 206 Å². The Morgan fingerprint density at radius 2 is 1.20 bits per heavy atom. The molecule has 0 radical (unpaired) electrons. The van der Waals surface area contributed by atoms with Gasteiger partial charge in [-0.1, -0.05) is 31.1 Å². The number of allylic oxidation sites excluding steroid dienone is 4. The van der Waals surface area contributed by atoms with Crippen LogP contribution in [0.15, 0.2) is 23.3 Å². The highest BCUT2D eigenvalue weighted by molar-refractivity contribution is 7.80. The van der Waals surface area contributed by atoms with Crippen molar-refractivity contribution in [3.05, 3.63) is 23.3 Å². The van der Waals surface area contributed by atoms with Crippen molar-refractivity contribution in [1.82, 2.24) is 0 Å². The Kier molecular flexibility index (Phi) is 20.6. The average Bonchev–Trinajstić information content (AvgIpc) is 1.71. The van der Waals surface area contributed by atoms with E-state index in [1.54, 1.807) is 6.92 Å². The quantitative estimate of drug-likeness (QED) is 0.0399. The molecule has 0 bridgehead atoms. The van der Waals surface area contributed by atoms with Gasteiger partial charge in [-0.05, 0) is 127 Å². The minimum absolute atomic E-state index is 0.0200. The molecule has 5 heterocycles. The van der Waals surface area contributed by atoms with Crippen molar-refractivity contribution in [3.63, 3.8) is 0 Å². The topological polar surface area (TPSA) is 436 Å². The summed E-state index contributed by atoms with van der Waals surface area (Å²) < 4.78 is 100. The van der Waals surface area contributed by atoms with Gasteiger partial charge < -0.3 is 114 Å². The lowest BCUT2D eigenvalue weighted by atomic mass is 9.47. The molecule has 85 heavy (non-hydrogen) atoms. The molecule has 28 nitrogen and oxygen atoms in total. The number of carbonyl (C=O) groups is 1. The predicted molar refractivity (Wildman–Crippen MR) is 286 cm³/mol. The third kappa shape index (κ3) is 13.4. The zero-order chi connectivity index (χ0) is 62.3. The van der Waals surface area contributed by atoms with Crippen molar-refractivity contribution in [2.75, 3.05) is 13.2 Å². The van der Waals surface area contributed by atoms with Gasteiger partial charge in [0.05, 0.1) is 49.3 Å². The largest absolute Gasteiger partial charge is 0.397 e. The summed E-state index contributed by atoms with van der Waals surface area (Å²) in [6.07, 6.45) is -36.1. The molecule has 5 aliphatic heterocycles. The first kappa shape index (κ1) is 67.5. The molecule has 0 aromatic heterocycles. The standard InChI is InChI=1S/C56H90O28S/c1-21(2)15-25(58)18-56(8,70)34-10-9-28-27-17-31(30-16-26(84-85(71,72)73)11-13-54(30,6)29(27)12-14-55(28,34)7)78-51-45(69)46(37(61)24(5)77-51)81-52-47(82-49-43(67)40(64)35(59)22(3)75-49)39(63)33(20-74-52)80-53-48(42(66)38(62)32(19-57)79-53)83-50-44(68)41(65)36(60)23(4)76-50/h12,15,22-24,26-28,30-53,57,59-70H,9-11,13-14,16-20H2,1-8H3,(H,71,72,73)/t22-,23-,24-,26+,27?,28?,30?,31+,32-,33-,34+,35-,36+,37-,38-,39+,40+,41+,42+,43-,44-,45-,46+,47-,48-,49+,50+,51+,52+,53+,54-,55+,56?/m1/s1. The van der Waals surface area contributed by atoms with Crippen LogP contribution in [0.4, 0.5) is 0 Å². The second kappa shape index (κ2) is 26.0. The Balaban J connectivity index is 0.985. The van der Waals surface area contributed by atoms with E-state index in [0.29, 0.717) is 32.1 Å². The van der Waals surface area contributed by atoms with E-state index in [1.165, 1.54) is 26.8 Å². The zero-order valence-electron chi connectivity index (χ0n) is 48.9. The average molecular weight is 1240 g/mol.